The molecule has 47 nitrogen and oxygen atoms in total. The van der Waals surface area contributed by atoms with E-state index in [1.165, 1.54) is 101 Å². The number of carbonyl (C=O) groups is 6. The van der Waals surface area contributed by atoms with E-state index in [9.17, 15) is 62.9 Å². The number of aliphatic hydroxyl groups excluding tert-OH is 4. The molecule has 19 rings (SSSR count). The number of aliphatic hydroxyl groups is 4. The number of ether oxygens (including phenoxy) is 10. The highest BCUT2D eigenvalue weighted by molar-refractivity contribution is 7.52. The molecule has 7 fully saturated rings. The zero-order valence-corrected chi connectivity index (χ0v) is 82.8. The summed E-state index contributed by atoms with van der Waals surface area (Å²) in [7, 11) is -10.8. The quantitative estimate of drug-likeness (QED) is 0.0106. The summed E-state index contributed by atoms with van der Waals surface area (Å²) in [6.07, 6.45) is 0.270. The molecule has 6 aromatic heterocycles. The number of methoxy groups -OCH3 is 2. The van der Waals surface area contributed by atoms with Gasteiger partial charge in [0.25, 0.3) is 0 Å². The summed E-state index contributed by atoms with van der Waals surface area (Å²) in [5.41, 5.74) is 7.33. The summed E-state index contributed by atoms with van der Waals surface area (Å²) in [6.45, 7) is 9.17. The Morgan fingerprint density at radius 2 is 0.703 bits per heavy atom. The van der Waals surface area contributed by atoms with Crippen LogP contribution in [0.3, 0.4) is 0 Å². The number of anilines is 3. The van der Waals surface area contributed by atoms with E-state index in [2.05, 4.69) is 80.2 Å². The van der Waals surface area contributed by atoms with Gasteiger partial charge in [-0.15, -0.1) is 0 Å². The van der Waals surface area contributed by atoms with Crippen molar-refractivity contribution in [2.24, 2.45) is 0 Å². The van der Waals surface area contributed by atoms with Crippen LogP contribution >= 0.6 is 23.2 Å². The molecule has 12 aromatic rings. The maximum absolute atomic E-state index is 14.8. The Labute approximate surface area is 851 Å². The molecular weight excluding hydrogens is 1990 g/mol. The van der Waals surface area contributed by atoms with Crippen LogP contribution in [-0.2, 0) is 89.0 Å². The molecule has 796 valence electrons. The standard InChI is InChI=1S/C33H37N6O11P.C32H39N6O10P.C30H37N6O8P.3CH4/c1-18(31(40)45-21-12-5-4-6-13-21)38-51(43,50-23-15-9-11-20-10-7-8-14-22(20)23)49-19(2)25-26-27(48-33(42)47-26)30(46-25)39-17-36-24-28(37-32(41)44-3)34-16-35-29(24)39;1-18(31(41)45-21-12-5-4-6-13-21)37-49(43,48-23-15-9-11-20-10-7-8-14-22(20)23)47-19(2)27-25(39)26(40)30(46-27)38-17-35-24-28(36-32(42)44-3)33-16-34-29(24)38;1-17(30(39)41-20-11-4-3-5-12-20)35-45(40,44-22-14-8-10-19-9-6-7-13-21(19)22)43-18(2)26-24(37)25(38)29(42-26)36-16-34-23-27(31)32-15-33-28(23)36;;;/h7-11,14-19,21,25-27,30H,4-6,12-13H2,1-3H3,(H,38,43)(H,34,35,37,41);7-11,14-19,21,25-27,30,39-40H,4-6,12-13H2,1-3H3,(H,37,43)(H,33,34,36,42);6-10,13-18,20,24-26,29,37-38H,3-5,11-12H2,1-2H3,(H,35,40)(H2,31,32,33);3*1H4/t18-,19-,25+,26+,27+,30+,51?;18-,19-,25-,26+,27+,30+,49?;17-,18-,24-,25+,26+,29+,45?;;;/m000.../s1. The molecule has 3 unspecified atom stereocenters. The Morgan fingerprint density at radius 3 is 1.07 bits per heavy atom. The Bertz CT molecular complexity index is 6800. The van der Waals surface area contributed by atoms with Gasteiger partial charge in [-0.25, -0.2) is 72.9 Å². The third kappa shape index (κ3) is 25.2. The van der Waals surface area contributed by atoms with Gasteiger partial charge in [0.05, 0.1) is 51.5 Å². The molecule has 11 N–H and O–H groups in total. The molecule has 0 bridgehead atoms. The van der Waals surface area contributed by atoms with E-state index in [-0.39, 0.29) is 97.6 Å². The number of nitrogens with two attached hydrogens (primary N) is 1. The largest absolute Gasteiger partial charge is 0.509 e. The number of rotatable bonds is 32. The Balaban J connectivity index is 0.000000174. The molecule has 3 aliphatic carbocycles. The summed E-state index contributed by atoms with van der Waals surface area (Å²) < 4.78 is 141. The lowest BCUT2D eigenvalue weighted by Crippen LogP contribution is -2.41. The number of hydrogen-bond acceptors (Lipinski definition) is 39. The van der Waals surface area contributed by atoms with Gasteiger partial charge in [-0.1, -0.05) is 151 Å². The van der Waals surface area contributed by atoms with E-state index >= 15 is 0 Å². The van der Waals surface area contributed by atoms with Gasteiger partial charge < -0.3 is 87.1 Å². The molecule has 50 heteroatoms. The topological polar surface area (TPSA) is 599 Å². The van der Waals surface area contributed by atoms with Gasteiger partial charge in [-0.3, -0.25) is 52.3 Å². The number of carbonyl (C=O) groups excluding carboxylic acids is 6. The highest BCUT2D eigenvalue weighted by Gasteiger charge is 2.59. The fraction of sp³-hybridized carbons (Fsp3) is 0.480. The number of nitrogens with one attached hydrogen (secondary N) is 5. The fourth-order valence-corrected chi connectivity index (χ4v) is 23.6. The molecular formula is C98H125N18O29P3. The smallest absolute Gasteiger partial charge is 0.461 e. The number of aromatic nitrogens is 12. The van der Waals surface area contributed by atoms with Crippen LogP contribution in [0.4, 0.5) is 31.8 Å². The lowest BCUT2D eigenvalue weighted by molar-refractivity contribution is -0.153. The van der Waals surface area contributed by atoms with Gasteiger partial charge in [0.1, 0.15) is 121 Å². The minimum Gasteiger partial charge on any atom is -0.461 e. The van der Waals surface area contributed by atoms with Gasteiger partial charge in [0.2, 0.25) is 0 Å². The number of imidazole rings is 3. The van der Waals surface area contributed by atoms with Gasteiger partial charge >= 0.3 is 59.5 Å². The number of nitrogens with zero attached hydrogens (tertiary/aromatic N) is 12. The molecule has 10 heterocycles. The summed E-state index contributed by atoms with van der Waals surface area (Å²) in [5, 5.41) is 61.9. The maximum atomic E-state index is 14.8. The van der Waals surface area contributed by atoms with Gasteiger partial charge in [0.15, 0.2) is 76.3 Å². The molecule has 7 aliphatic rings. The van der Waals surface area contributed by atoms with Crippen LogP contribution in [0.25, 0.3) is 65.8 Å². The zero-order chi connectivity index (χ0) is 102. The van der Waals surface area contributed by atoms with Crippen molar-refractivity contribution in [2.45, 2.75) is 289 Å². The van der Waals surface area contributed by atoms with Gasteiger partial charge in [-0.2, -0.15) is 15.3 Å². The van der Waals surface area contributed by atoms with Crippen molar-refractivity contribution in [1.82, 2.24) is 73.8 Å². The summed E-state index contributed by atoms with van der Waals surface area (Å²) >= 11 is 0. The minimum absolute atomic E-state index is 0. The minimum atomic E-state index is -4.42. The van der Waals surface area contributed by atoms with Gasteiger partial charge in [0, 0.05) is 16.2 Å². The first-order chi connectivity index (χ1) is 69.8. The molecule has 6 aromatic carbocycles. The van der Waals surface area contributed by atoms with Crippen LogP contribution in [0, 0.1) is 0 Å². The Hall–Kier alpha value is -12.7. The van der Waals surface area contributed by atoms with E-state index in [1.807, 2.05) is 84.9 Å². The third-order valence-corrected chi connectivity index (χ3v) is 31.1. The van der Waals surface area contributed by atoms with E-state index in [1.54, 1.807) is 49.4 Å². The van der Waals surface area contributed by atoms with E-state index in [0.717, 1.165) is 112 Å². The first-order valence-corrected chi connectivity index (χ1v) is 52.3. The molecule has 21 atom stereocenters. The first-order valence-electron chi connectivity index (χ1n) is 47.7. The second-order valence-electron chi connectivity index (χ2n) is 36.0. The number of esters is 3. The van der Waals surface area contributed by atoms with E-state index in [4.69, 9.17) is 70.8 Å². The van der Waals surface area contributed by atoms with E-state index < -0.39 is 170 Å². The molecule has 3 saturated carbocycles. The second kappa shape index (κ2) is 48.8. The number of amides is 2. The van der Waals surface area contributed by atoms with Crippen LogP contribution in [0.1, 0.15) is 179 Å². The van der Waals surface area contributed by atoms with Crippen molar-refractivity contribution in [3.05, 3.63) is 165 Å². The van der Waals surface area contributed by atoms with Crippen LogP contribution in [0.2, 0.25) is 0 Å². The fourth-order valence-electron chi connectivity index (χ4n) is 18.5. The highest BCUT2D eigenvalue weighted by Crippen LogP contribution is 2.55. The highest BCUT2D eigenvalue weighted by atomic mass is 31.2. The molecule has 4 saturated heterocycles. The first kappa shape index (κ1) is 111. The predicted octanol–water partition coefficient (Wildman–Crippen LogP) is 15.2. The zero-order valence-electron chi connectivity index (χ0n) is 80.1. The monoisotopic (exact) mass is 2110 g/mol. The normalized spacial score (nSPS) is 23.9. The van der Waals surface area contributed by atoms with Crippen molar-refractivity contribution in [1.29, 1.82) is 0 Å². The van der Waals surface area contributed by atoms with Crippen LogP contribution in [-0.4, -0.2) is 239 Å². The maximum Gasteiger partial charge on any atom is 0.509 e. The summed E-state index contributed by atoms with van der Waals surface area (Å²) in [6, 6.07) is 34.7. The summed E-state index contributed by atoms with van der Waals surface area (Å²) in [5.74, 6) is -0.735. The molecule has 148 heavy (non-hydrogen) atoms. The second-order valence-corrected chi connectivity index (χ2v) is 41.0. The Morgan fingerprint density at radius 1 is 0.392 bits per heavy atom. The van der Waals surface area contributed by atoms with Crippen molar-refractivity contribution in [2.75, 3.05) is 30.6 Å². The van der Waals surface area contributed by atoms with Crippen molar-refractivity contribution < 1.29 is 137 Å². The van der Waals surface area contributed by atoms with Crippen molar-refractivity contribution in [3.63, 3.8) is 0 Å². The van der Waals surface area contributed by atoms with Crippen LogP contribution in [0.15, 0.2) is 165 Å². The average Bonchev–Trinajstić information content (AvgIpc) is 1.60. The van der Waals surface area contributed by atoms with E-state index in [0.29, 0.717) is 27.3 Å². The van der Waals surface area contributed by atoms with Crippen molar-refractivity contribution in [3.8, 4) is 17.2 Å². The van der Waals surface area contributed by atoms with Crippen LogP contribution < -0.4 is 45.2 Å². The lowest BCUT2D eigenvalue weighted by Gasteiger charge is -2.30. The number of benzene rings is 6. The SMILES string of the molecule is C.C.C.COC(=O)Nc1ncnc2c1ncn2[C@@H]1O[C@H]([C@H](C)OP(=O)(N[C@@H](C)C(=O)OC2CCCCC2)Oc2cccc3ccccc23)[C@@H](O)[C@H]1O.COC(=O)Nc1ncnc2c1ncn2[C@@H]1O[C@H]([C@H](C)OP(=O)(N[C@@H](C)C(=O)OC2CCCCC2)Oc2cccc3ccccc23)[C@H]2OC(=O)O[C@H]21.C[C@H](NP(=O)(Oc1cccc2ccccc12)O[C@@H](C)[C@H]1O[C@@H](n2cnc3c(N)ncnc32)[C@H](O)[C@@H]1O)C(=O)OC1CCCCC1. The number of fused-ring (bicyclic) bond motifs is 7. The molecule has 0 spiro atoms. The van der Waals surface area contributed by atoms with Gasteiger partial charge in [-0.05, 0) is 153 Å². The number of hydrogen-bond donors (Lipinski definition) is 10. The van der Waals surface area contributed by atoms with Crippen molar-refractivity contribution >= 4 is 143 Å². The average molecular weight is 2110 g/mol. The predicted molar refractivity (Wildman–Crippen MR) is 538 cm³/mol. The molecule has 2 amide bonds. The Kier molecular flexibility index (Phi) is 36.6. The molecule has 0 radical (unpaired) electrons. The summed E-state index contributed by atoms with van der Waals surface area (Å²) in [4.78, 5) is 113. The lowest BCUT2D eigenvalue weighted by atomic mass is 9.98. The number of nitrogen functional groups attached to an aromatic ring is 1. The third-order valence-electron chi connectivity index (χ3n) is 25.8. The van der Waals surface area contributed by atoms with Crippen LogP contribution in [0.5, 0.6) is 17.2 Å². The molecule has 4 aliphatic heterocycles.